The van der Waals surface area contributed by atoms with Crippen molar-refractivity contribution in [2.45, 2.75) is 41.5 Å². The molecule has 0 aliphatic carbocycles. The second kappa shape index (κ2) is 12.6. The number of hydrogen-bond acceptors (Lipinski definition) is 0. The first-order valence-electron chi connectivity index (χ1n) is 11.2. The lowest BCUT2D eigenvalue weighted by atomic mass is 9.37. The molecule has 0 atom stereocenters. The van der Waals surface area contributed by atoms with Gasteiger partial charge in [0.05, 0.1) is 0 Å². The fourth-order valence-corrected chi connectivity index (χ4v) is 3.39. The van der Waals surface area contributed by atoms with Gasteiger partial charge in [-0.1, -0.05) is 156 Å². The molecular formula is C30H35B. The molecule has 4 rings (SSSR count). The topological polar surface area (TPSA) is 0 Å². The van der Waals surface area contributed by atoms with E-state index >= 15 is 0 Å². The monoisotopic (exact) mass is 406 g/mol. The summed E-state index contributed by atoms with van der Waals surface area (Å²) >= 11 is 0. The molecule has 0 N–H and O–H groups in total. The molecule has 0 aliphatic heterocycles. The molecule has 0 radical (unpaired) electrons. The summed E-state index contributed by atoms with van der Waals surface area (Å²) in [4.78, 5) is 0. The summed E-state index contributed by atoms with van der Waals surface area (Å²) in [5.74, 6) is 0. The minimum Gasteiger partial charge on any atom is -0.0687 e. The molecule has 0 unspecified atom stereocenters. The van der Waals surface area contributed by atoms with Gasteiger partial charge >= 0.3 is 0 Å². The summed E-state index contributed by atoms with van der Waals surface area (Å²) in [6.45, 7) is 12.8. The van der Waals surface area contributed by atoms with Crippen molar-refractivity contribution in [2.24, 2.45) is 0 Å². The zero-order chi connectivity index (χ0) is 22.6. The third-order valence-electron chi connectivity index (χ3n) is 5.17. The van der Waals surface area contributed by atoms with Crippen molar-refractivity contribution in [3.63, 3.8) is 0 Å². The fourth-order valence-electron chi connectivity index (χ4n) is 3.39. The number of aryl methyl sites for hydroxylation is 4. The Morgan fingerprint density at radius 3 is 0.839 bits per heavy atom. The van der Waals surface area contributed by atoms with Gasteiger partial charge in [-0.2, -0.15) is 0 Å². The molecule has 0 nitrogen and oxygen atoms in total. The quantitative estimate of drug-likeness (QED) is 0.358. The zero-order valence-electron chi connectivity index (χ0n) is 19.9. The molecule has 1 heteroatoms. The van der Waals surface area contributed by atoms with E-state index in [9.17, 15) is 0 Å². The first kappa shape index (κ1) is 24.2. The fraction of sp³-hybridized carbons (Fsp3) is 0.200. The molecule has 0 aromatic heterocycles. The van der Waals surface area contributed by atoms with Gasteiger partial charge in [0, 0.05) is 0 Å². The van der Waals surface area contributed by atoms with Crippen LogP contribution in [0.4, 0.5) is 0 Å². The van der Waals surface area contributed by atoms with Gasteiger partial charge in [-0.3, -0.25) is 0 Å². The van der Waals surface area contributed by atoms with Crippen molar-refractivity contribution in [2.75, 3.05) is 0 Å². The minimum atomic E-state index is 0.293. The van der Waals surface area contributed by atoms with E-state index in [2.05, 4.69) is 113 Å². The Morgan fingerprint density at radius 1 is 0.355 bits per heavy atom. The number of hydrogen-bond donors (Lipinski definition) is 0. The van der Waals surface area contributed by atoms with E-state index in [4.69, 9.17) is 0 Å². The van der Waals surface area contributed by atoms with Crippen molar-refractivity contribution >= 4 is 23.1 Å². The van der Waals surface area contributed by atoms with E-state index in [1.807, 2.05) is 32.0 Å². The highest BCUT2D eigenvalue weighted by atomic mass is 14.0. The molecule has 0 fully saturated rings. The van der Waals surface area contributed by atoms with Gasteiger partial charge in [0.1, 0.15) is 0 Å². The third kappa shape index (κ3) is 7.61. The van der Waals surface area contributed by atoms with Crippen LogP contribution in [0.5, 0.6) is 0 Å². The minimum absolute atomic E-state index is 0.293. The van der Waals surface area contributed by atoms with Crippen LogP contribution in [0.3, 0.4) is 0 Å². The molecule has 31 heavy (non-hydrogen) atoms. The van der Waals surface area contributed by atoms with Crippen LogP contribution < -0.4 is 16.4 Å². The van der Waals surface area contributed by atoms with E-state index in [0.717, 1.165) is 0 Å². The van der Waals surface area contributed by atoms with Crippen LogP contribution in [0.25, 0.3) is 0 Å². The highest BCUT2D eigenvalue weighted by Crippen LogP contribution is 2.01. The van der Waals surface area contributed by atoms with Gasteiger partial charge in [0.15, 0.2) is 0 Å². The first-order valence-corrected chi connectivity index (χ1v) is 11.2. The van der Waals surface area contributed by atoms with Gasteiger partial charge < -0.3 is 0 Å². The van der Waals surface area contributed by atoms with E-state index in [0.29, 0.717) is 6.71 Å². The maximum absolute atomic E-state index is 2.25. The summed E-state index contributed by atoms with van der Waals surface area (Å²) in [6.07, 6.45) is 0. The molecule has 0 bridgehead atoms. The molecule has 0 amide bonds. The van der Waals surface area contributed by atoms with Gasteiger partial charge in [-0.25, -0.2) is 0 Å². The third-order valence-corrected chi connectivity index (χ3v) is 5.17. The summed E-state index contributed by atoms with van der Waals surface area (Å²) in [7, 11) is 0. The molecule has 0 saturated heterocycles. The van der Waals surface area contributed by atoms with E-state index < -0.39 is 0 Å². The SMILES string of the molecule is CC.Cc1ccc(B(c2ccc(C)cc2)c2ccc(C)cc2)cc1.Cc1ccccc1. The molecular weight excluding hydrogens is 371 g/mol. The Balaban J connectivity index is 0.000000319. The highest BCUT2D eigenvalue weighted by Gasteiger charge is 2.21. The van der Waals surface area contributed by atoms with Crippen molar-refractivity contribution in [1.82, 2.24) is 0 Å². The smallest absolute Gasteiger partial charge is 0.0687 e. The molecule has 0 heterocycles. The van der Waals surface area contributed by atoms with E-state index in [1.165, 1.54) is 38.6 Å². The van der Waals surface area contributed by atoms with Gasteiger partial charge in [0.2, 0.25) is 6.71 Å². The summed E-state index contributed by atoms with van der Waals surface area (Å²) in [5, 5.41) is 0. The predicted molar refractivity (Wildman–Crippen MR) is 141 cm³/mol. The zero-order valence-corrected chi connectivity index (χ0v) is 19.9. The maximum Gasteiger partial charge on any atom is 0.241 e. The average molecular weight is 406 g/mol. The summed E-state index contributed by atoms with van der Waals surface area (Å²) < 4.78 is 0. The van der Waals surface area contributed by atoms with Crippen LogP contribution in [0.15, 0.2) is 103 Å². The van der Waals surface area contributed by atoms with Crippen LogP contribution in [0, 0.1) is 27.7 Å². The molecule has 0 aliphatic rings. The van der Waals surface area contributed by atoms with Crippen molar-refractivity contribution in [3.8, 4) is 0 Å². The van der Waals surface area contributed by atoms with Gasteiger partial charge in [-0.05, 0) is 27.7 Å². The van der Waals surface area contributed by atoms with Gasteiger partial charge in [0.25, 0.3) is 0 Å². The van der Waals surface area contributed by atoms with E-state index in [1.54, 1.807) is 0 Å². The lowest BCUT2D eigenvalue weighted by Crippen LogP contribution is -2.51. The first-order chi connectivity index (χ1) is 15.0. The lowest BCUT2D eigenvalue weighted by molar-refractivity contribution is 1.48. The molecule has 4 aromatic carbocycles. The molecule has 0 saturated carbocycles. The van der Waals surface area contributed by atoms with Crippen molar-refractivity contribution in [1.29, 1.82) is 0 Å². The normalized spacial score (nSPS) is 9.61. The molecule has 4 aromatic rings. The van der Waals surface area contributed by atoms with Gasteiger partial charge in [-0.15, -0.1) is 0 Å². The lowest BCUT2D eigenvalue weighted by Gasteiger charge is -2.16. The van der Waals surface area contributed by atoms with Crippen LogP contribution in [-0.4, -0.2) is 6.71 Å². The van der Waals surface area contributed by atoms with Crippen molar-refractivity contribution < 1.29 is 0 Å². The second-order valence-electron chi connectivity index (χ2n) is 7.82. The molecule has 0 spiro atoms. The van der Waals surface area contributed by atoms with Crippen LogP contribution in [0.2, 0.25) is 0 Å². The summed E-state index contributed by atoms with van der Waals surface area (Å²) in [5.41, 5.74) is 9.26. The van der Waals surface area contributed by atoms with Crippen LogP contribution in [0.1, 0.15) is 36.1 Å². The maximum atomic E-state index is 2.25. The van der Waals surface area contributed by atoms with E-state index in [-0.39, 0.29) is 0 Å². The number of rotatable bonds is 3. The van der Waals surface area contributed by atoms with Crippen LogP contribution in [-0.2, 0) is 0 Å². The van der Waals surface area contributed by atoms with Crippen molar-refractivity contribution in [3.05, 3.63) is 125 Å². The predicted octanol–water partition coefficient (Wildman–Crippen LogP) is 6.15. The standard InChI is InChI=1S/C21H21B.C7H8.C2H6/c1-16-4-10-19(11-5-16)22(20-12-6-17(2)7-13-20)21-14-8-18(3)9-15-21;1-7-5-3-2-4-6-7;1-2/h4-15H,1-3H3;2-6H,1H3;1-2H3. The average Bonchev–Trinajstić information content (AvgIpc) is 2.80. The Labute approximate surface area is 190 Å². The number of benzene rings is 4. The Morgan fingerprint density at radius 2 is 0.613 bits per heavy atom. The largest absolute Gasteiger partial charge is 0.241 e. The Kier molecular flexibility index (Phi) is 9.84. The highest BCUT2D eigenvalue weighted by molar-refractivity contribution is 6.95. The summed E-state index contributed by atoms with van der Waals surface area (Å²) in [6, 6.07) is 37.0. The molecule has 158 valence electrons. The second-order valence-corrected chi connectivity index (χ2v) is 7.82. The Bertz CT molecular complexity index is 891. The Hall–Kier alpha value is -3.06. The van der Waals surface area contributed by atoms with Crippen LogP contribution >= 0.6 is 0 Å².